The van der Waals surface area contributed by atoms with E-state index in [2.05, 4.69) is 29.2 Å². The van der Waals surface area contributed by atoms with E-state index in [0.717, 1.165) is 26.1 Å². The third-order valence-electron chi connectivity index (χ3n) is 2.84. The molecule has 0 radical (unpaired) electrons. The number of likely N-dealkylation sites (tertiary alicyclic amines) is 1. The Labute approximate surface area is 84.5 Å². The zero-order valence-corrected chi connectivity index (χ0v) is 8.32. The third-order valence-corrected chi connectivity index (χ3v) is 2.84. The van der Waals surface area contributed by atoms with Crippen LogP contribution in [-0.2, 0) is 6.54 Å². The van der Waals surface area contributed by atoms with Crippen LogP contribution in [0.3, 0.4) is 0 Å². The van der Waals surface area contributed by atoms with Gasteiger partial charge in [-0.15, -0.1) is 0 Å². The molecular formula is C12H16FN. The summed E-state index contributed by atoms with van der Waals surface area (Å²) in [6.07, 6.45) is 1.02. The smallest absolute Gasteiger partial charge is 0.0935 e. The van der Waals surface area contributed by atoms with Gasteiger partial charge in [0.15, 0.2) is 0 Å². The molecule has 0 saturated carbocycles. The van der Waals surface area contributed by atoms with Crippen LogP contribution in [0, 0.1) is 5.92 Å². The molecule has 14 heavy (non-hydrogen) atoms. The summed E-state index contributed by atoms with van der Waals surface area (Å²) in [6, 6.07) is 10.4. The van der Waals surface area contributed by atoms with E-state index in [1.165, 1.54) is 5.56 Å². The Morgan fingerprint density at radius 2 is 2.07 bits per heavy atom. The molecule has 1 fully saturated rings. The first-order chi connectivity index (χ1) is 6.88. The summed E-state index contributed by atoms with van der Waals surface area (Å²) < 4.78 is 12.4. The summed E-state index contributed by atoms with van der Waals surface area (Å²) >= 11 is 0. The van der Waals surface area contributed by atoms with Crippen molar-refractivity contribution in [3.05, 3.63) is 35.9 Å². The van der Waals surface area contributed by atoms with Gasteiger partial charge in [0, 0.05) is 19.0 Å². The summed E-state index contributed by atoms with van der Waals surface area (Å²) in [4.78, 5) is 2.33. The quantitative estimate of drug-likeness (QED) is 0.713. The highest BCUT2D eigenvalue weighted by atomic mass is 19.1. The molecule has 0 spiro atoms. The van der Waals surface area contributed by atoms with Crippen LogP contribution in [-0.4, -0.2) is 24.7 Å². The SMILES string of the molecule is FCC1CCN(Cc2ccccc2)C1. The lowest BCUT2D eigenvalue weighted by Gasteiger charge is -2.14. The van der Waals surface area contributed by atoms with Gasteiger partial charge in [0.25, 0.3) is 0 Å². The van der Waals surface area contributed by atoms with Gasteiger partial charge < -0.3 is 0 Å². The van der Waals surface area contributed by atoms with E-state index in [9.17, 15) is 4.39 Å². The van der Waals surface area contributed by atoms with Crippen molar-refractivity contribution in [2.24, 2.45) is 5.92 Å². The van der Waals surface area contributed by atoms with Crippen LogP contribution in [0.5, 0.6) is 0 Å². The van der Waals surface area contributed by atoms with Crippen LogP contribution in [0.4, 0.5) is 4.39 Å². The fourth-order valence-corrected chi connectivity index (χ4v) is 2.02. The van der Waals surface area contributed by atoms with Crippen LogP contribution in [0.2, 0.25) is 0 Å². The van der Waals surface area contributed by atoms with E-state index in [1.807, 2.05) is 6.07 Å². The molecule has 76 valence electrons. The van der Waals surface area contributed by atoms with Gasteiger partial charge in [-0.1, -0.05) is 30.3 Å². The van der Waals surface area contributed by atoms with E-state index >= 15 is 0 Å². The van der Waals surface area contributed by atoms with Crippen LogP contribution in [0.1, 0.15) is 12.0 Å². The van der Waals surface area contributed by atoms with Gasteiger partial charge in [0.05, 0.1) is 6.67 Å². The van der Waals surface area contributed by atoms with Crippen LogP contribution in [0.25, 0.3) is 0 Å². The van der Waals surface area contributed by atoms with Gasteiger partial charge >= 0.3 is 0 Å². The zero-order chi connectivity index (χ0) is 9.80. The fourth-order valence-electron chi connectivity index (χ4n) is 2.02. The normalized spacial score (nSPS) is 22.8. The summed E-state index contributed by atoms with van der Waals surface area (Å²) in [5, 5.41) is 0. The first kappa shape index (κ1) is 9.66. The van der Waals surface area contributed by atoms with Gasteiger partial charge in [0.1, 0.15) is 0 Å². The van der Waals surface area contributed by atoms with Gasteiger partial charge in [-0.3, -0.25) is 9.29 Å². The molecule has 1 saturated heterocycles. The number of benzene rings is 1. The topological polar surface area (TPSA) is 3.24 Å². The second-order valence-electron chi connectivity index (χ2n) is 4.03. The van der Waals surface area contributed by atoms with Crippen molar-refractivity contribution < 1.29 is 4.39 Å². The molecule has 1 aromatic rings. The summed E-state index contributed by atoms with van der Waals surface area (Å²) in [7, 11) is 0. The van der Waals surface area contributed by atoms with Gasteiger partial charge in [-0.25, -0.2) is 0 Å². The van der Waals surface area contributed by atoms with E-state index in [0.29, 0.717) is 0 Å². The standard InChI is InChI=1S/C12H16FN/c13-8-12-6-7-14(10-12)9-11-4-2-1-3-5-11/h1-5,12H,6-10H2. The van der Waals surface area contributed by atoms with Crippen LogP contribution < -0.4 is 0 Å². The van der Waals surface area contributed by atoms with Crippen LogP contribution in [0.15, 0.2) is 30.3 Å². The molecule has 1 nitrogen and oxygen atoms in total. The number of halogens is 1. The lowest BCUT2D eigenvalue weighted by atomic mass is 10.1. The average molecular weight is 193 g/mol. The van der Waals surface area contributed by atoms with Crippen molar-refractivity contribution in [3.63, 3.8) is 0 Å². The maximum atomic E-state index is 12.4. The average Bonchev–Trinajstić information content (AvgIpc) is 2.67. The molecule has 1 atom stereocenters. The van der Waals surface area contributed by atoms with Gasteiger partial charge in [-0.05, 0) is 18.5 Å². The highest BCUT2D eigenvalue weighted by molar-refractivity contribution is 5.14. The minimum absolute atomic E-state index is 0.161. The van der Waals surface area contributed by atoms with Crippen molar-refractivity contribution >= 4 is 0 Å². The van der Waals surface area contributed by atoms with E-state index in [1.54, 1.807) is 0 Å². The number of nitrogens with zero attached hydrogens (tertiary/aromatic N) is 1. The fraction of sp³-hybridized carbons (Fsp3) is 0.500. The Bertz CT molecular complexity index is 273. The predicted molar refractivity (Wildman–Crippen MR) is 55.8 cm³/mol. The maximum absolute atomic E-state index is 12.4. The Kier molecular flexibility index (Phi) is 3.14. The Morgan fingerprint density at radius 1 is 1.29 bits per heavy atom. The Balaban J connectivity index is 1.88. The first-order valence-corrected chi connectivity index (χ1v) is 5.20. The monoisotopic (exact) mass is 193 g/mol. The molecule has 2 heteroatoms. The second-order valence-corrected chi connectivity index (χ2v) is 4.03. The molecule has 1 heterocycles. The first-order valence-electron chi connectivity index (χ1n) is 5.20. The van der Waals surface area contributed by atoms with Crippen molar-refractivity contribution in [3.8, 4) is 0 Å². The Hall–Kier alpha value is -0.890. The van der Waals surface area contributed by atoms with E-state index in [4.69, 9.17) is 0 Å². The minimum Gasteiger partial charge on any atom is -0.299 e. The highest BCUT2D eigenvalue weighted by Gasteiger charge is 2.21. The minimum atomic E-state index is -0.161. The molecule has 0 aliphatic carbocycles. The second kappa shape index (κ2) is 4.56. The molecule has 1 aliphatic rings. The van der Waals surface area contributed by atoms with Crippen molar-refractivity contribution in [1.29, 1.82) is 0 Å². The van der Waals surface area contributed by atoms with Gasteiger partial charge in [-0.2, -0.15) is 0 Å². The van der Waals surface area contributed by atoms with Gasteiger partial charge in [0.2, 0.25) is 0 Å². The lowest BCUT2D eigenvalue weighted by molar-refractivity contribution is 0.296. The number of hydrogen-bond donors (Lipinski definition) is 0. The molecule has 0 amide bonds. The number of alkyl halides is 1. The number of hydrogen-bond acceptors (Lipinski definition) is 1. The third kappa shape index (κ3) is 2.32. The molecule has 1 aliphatic heterocycles. The van der Waals surface area contributed by atoms with Crippen molar-refractivity contribution in [2.75, 3.05) is 19.8 Å². The van der Waals surface area contributed by atoms with Crippen molar-refractivity contribution in [1.82, 2.24) is 4.90 Å². The molecule has 0 bridgehead atoms. The largest absolute Gasteiger partial charge is 0.299 e. The molecule has 1 aromatic carbocycles. The van der Waals surface area contributed by atoms with Crippen LogP contribution >= 0.6 is 0 Å². The molecule has 0 aromatic heterocycles. The Morgan fingerprint density at radius 3 is 2.71 bits per heavy atom. The summed E-state index contributed by atoms with van der Waals surface area (Å²) in [6.45, 7) is 2.78. The zero-order valence-electron chi connectivity index (χ0n) is 8.32. The van der Waals surface area contributed by atoms with Crippen molar-refractivity contribution in [2.45, 2.75) is 13.0 Å². The molecule has 2 rings (SSSR count). The summed E-state index contributed by atoms with van der Waals surface area (Å²) in [5.41, 5.74) is 1.33. The maximum Gasteiger partial charge on any atom is 0.0935 e. The molecule has 1 unspecified atom stereocenters. The highest BCUT2D eigenvalue weighted by Crippen LogP contribution is 2.18. The van der Waals surface area contributed by atoms with E-state index < -0.39 is 0 Å². The lowest BCUT2D eigenvalue weighted by Crippen LogP contribution is -2.20. The molecular weight excluding hydrogens is 177 g/mol. The summed E-state index contributed by atoms with van der Waals surface area (Å²) in [5.74, 6) is 0.277. The van der Waals surface area contributed by atoms with E-state index in [-0.39, 0.29) is 12.6 Å². The number of rotatable bonds is 3. The predicted octanol–water partition coefficient (Wildman–Crippen LogP) is 2.48. The molecule has 0 N–H and O–H groups in total.